The van der Waals surface area contributed by atoms with Gasteiger partial charge in [0.1, 0.15) is 11.5 Å². The van der Waals surface area contributed by atoms with Gasteiger partial charge in [-0.25, -0.2) is 9.37 Å². The van der Waals surface area contributed by atoms with E-state index < -0.39 is 0 Å². The minimum Gasteiger partial charge on any atom is -0.378 e. The van der Waals surface area contributed by atoms with Crippen LogP contribution in [-0.4, -0.2) is 9.38 Å². The molecule has 0 aliphatic carbocycles. The third kappa shape index (κ3) is 2.53. The molecule has 0 spiro atoms. The number of hydrogen-bond donors (Lipinski definition) is 1. The highest BCUT2D eigenvalue weighted by Crippen LogP contribution is 2.22. The summed E-state index contributed by atoms with van der Waals surface area (Å²) in [5.41, 5.74) is 2.48. The first-order valence-electron chi connectivity index (χ1n) is 5.84. The number of nitrogens with one attached hydrogen (secondary N) is 1. The molecular formula is C14H11ClFN3. The summed E-state index contributed by atoms with van der Waals surface area (Å²) in [6, 6.07) is 10.1. The van der Waals surface area contributed by atoms with Crippen LogP contribution in [0, 0.1) is 5.82 Å². The van der Waals surface area contributed by atoms with E-state index >= 15 is 0 Å². The Bertz CT molecular complexity index is 691. The van der Waals surface area contributed by atoms with Crippen LogP contribution in [0.1, 0.15) is 5.69 Å². The number of fused-ring (bicyclic) bond motifs is 1. The Morgan fingerprint density at radius 3 is 2.95 bits per heavy atom. The van der Waals surface area contributed by atoms with E-state index in [0.717, 1.165) is 11.3 Å². The summed E-state index contributed by atoms with van der Waals surface area (Å²) in [6.07, 6.45) is 3.89. The molecule has 1 aromatic carbocycles. The monoisotopic (exact) mass is 275 g/mol. The lowest BCUT2D eigenvalue weighted by atomic mass is 10.3. The molecule has 0 unspecified atom stereocenters. The van der Waals surface area contributed by atoms with Gasteiger partial charge in [-0.15, -0.1) is 0 Å². The van der Waals surface area contributed by atoms with Crippen molar-refractivity contribution in [3.05, 3.63) is 65.3 Å². The maximum Gasteiger partial charge on any atom is 0.137 e. The molecule has 0 radical (unpaired) electrons. The van der Waals surface area contributed by atoms with Crippen molar-refractivity contribution in [2.45, 2.75) is 6.54 Å². The number of rotatable bonds is 3. The van der Waals surface area contributed by atoms with Gasteiger partial charge in [0, 0.05) is 12.4 Å². The molecule has 3 nitrogen and oxygen atoms in total. The van der Waals surface area contributed by atoms with Crippen LogP contribution in [0.4, 0.5) is 10.1 Å². The number of hydrogen-bond acceptors (Lipinski definition) is 2. The predicted molar refractivity (Wildman–Crippen MR) is 73.9 cm³/mol. The topological polar surface area (TPSA) is 29.3 Å². The van der Waals surface area contributed by atoms with E-state index in [1.807, 2.05) is 35.0 Å². The molecule has 0 atom stereocenters. The van der Waals surface area contributed by atoms with Crippen molar-refractivity contribution in [3.8, 4) is 0 Å². The van der Waals surface area contributed by atoms with Gasteiger partial charge in [0.25, 0.3) is 0 Å². The summed E-state index contributed by atoms with van der Waals surface area (Å²) in [6.45, 7) is 0.535. The standard InChI is InChI=1S/C14H11ClFN3/c15-12-7-10(16)4-5-13(12)17-8-11-9-19-6-2-1-3-14(19)18-11/h1-7,9,17H,8H2. The number of benzene rings is 1. The van der Waals surface area contributed by atoms with Crippen molar-refractivity contribution < 1.29 is 4.39 Å². The number of imidazole rings is 1. The summed E-state index contributed by atoms with van der Waals surface area (Å²) < 4.78 is 14.9. The number of aromatic nitrogens is 2. The van der Waals surface area contributed by atoms with Crippen LogP contribution in [0.25, 0.3) is 5.65 Å². The Morgan fingerprint density at radius 1 is 1.26 bits per heavy atom. The van der Waals surface area contributed by atoms with Gasteiger partial charge in [0.2, 0.25) is 0 Å². The number of pyridine rings is 1. The van der Waals surface area contributed by atoms with Crippen LogP contribution in [0.2, 0.25) is 5.02 Å². The fourth-order valence-corrected chi connectivity index (χ4v) is 2.13. The van der Waals surface area contributed by atoms with Crippen LogP contribution < -0.4 is 5.32 Å². The van der Waals surface area contributed by atoms with Crippen molar-refractivity contribution in [1.82, 2.24) is 9.38 Å². The first-order chi connectivity index (χ1) is 9.22. The molecule has 19 heavy (non-hydrogen) atoms. The quantitative estimate of drug-likeness (QED) is 0.789. The molecule has 0 saturated carbocycles. The highest BCUT2D eigenvalue weighted by Gasteiger charge is 2.04. The van der Waals surface area contributed by atoms with E-state index in [0.29, 0.717) is 17.3 Å². The van der Waals surface area contributed by atoms with E-state index in [9.17, 15) is 4.39 Å². The Balaban J connectivity index is 1.78. The van der Waals surface area contributed by atoms with E-state index in [1.165, 1.54) is 12.1 Å². The minimum atomic E-state index is -0.344. The first kappa shape index (κ1) is 12.0. The minimum absolute atomic E-state index is 0.344. The largest absolute Gasteiger partial charge is 0.378 e. The predicted octanol–water partition coefficient (Wildman–Crippen LogP) is 3.74. The third-order valence-electron chi connectivity index (χ3n) is 2.80. The van der Waals surface area contributed by atoms with Gasteiger partial charge in [0.15, 0.2) is 0 Å². The van der Waals surface area contributed by atoms with E-state index in [1.54, 1.807) is 6.07 Å². The molecule has 0 aliphatic heterocycles. The second kappa shape index (κ2) is 4.90. The Labute approximate surface area is 114 Å². The summed E-state index contributed by atoms with van der Waals surface area (Å²) in [4.78, 5) is 4.46. The Morgan fingerprint density at radius 2 is 2.16 bits per heavy atom. The molecule has 0 amide bonds. The van der Waals surface area contributed by atoms with Crippen molar-refractivity contribution >= 4 is 22.9 Å². The zero-order valence-corrected chi connectivity index (χ0v) is 10.7. The van der Waals surface area contributed by atoms with Gasteiger partial charge in [-0.2, -0.15) is 0 Å². The lowest BCUT2D eigenvalue weighted by Gasteiger charge is -2.06. The van der Waals surface area contributed by atoms with E-state index in [-0.39, 0.29) is 5.82 Å². The fourth-order valence-electron chi connectivity index (χ4n) is 1.89. The average Bonchev–Trinajstić information content (AvgIpc) is 2.80. The molecular weight excluding hydrogens is 265 g/mol. The van der Waals surface area contributed by atoms with Gasteiger partial charge < -0.3 is 9.72 Å². The number of halogens is 2. The summed E-state index contributed by atoms with van der Waals surface area (Å²) >= 11 is 5.95. The van der Waals surface area contributed by atoms with Crippen molar-refractivity contribution in [1.29, 1.82) is 0 Å². The van der Waals surface area contributed by atoms with Crippen LogP contribution >= 0.6 is 11.6 Å². The van der Waals surface area contributed by atoms with Crippen LogP contribution in [0.3, 0.4) is 0 Å². The average molecular weight is 276 g/mol. The fraction of sp³-hybridized carbons (Fsp3) is 0.0714. The van der Waals surface area contributed by atoms with Crippen molar-refractivity contribution in [3.63, 3.8) is 0 Å². The zero-order chi connectivity index (χ0) is 13.2. The molecule has 2 aromatic heterocycles. The zero-order valence-electron chi connectivity index (χ0n) is 9.98. The lowest BCUT2D eigenvalue weighted by Crippen LogP contribution is -2.00. The van der Waals surface area contributed by atoms with E-state index in [4.69, 9.17) is 11.6 Å². The third-order valence-corrected chi connectivity index (χ3v) is 3.12. The number of anilines is 1. The molecule has 3 aromatic rings. The highest BCUT2D eigenvalue weighted by atomic mass is 35.5. The van der Waals surface area contributed by atoms with Crippen LogP contribution in [0.15, 0.2) is 48.8 Å². The molecule has 96 valence electrons. The summed E-state index contributed by atoms with van der Waals surface area (Å²) in [7, 11) is 0. The first-order valence-corrected chi connectivity index (χ1v) is 6.22. The normalized spacial score (nSPS) is 10.8. The molecule has 0 aliphatic rings. The second-order valence-corrected chi connectivity index (χ2v) is 4.58. The van der Waals surface area contributed by atoms with E-state index in [2.05, 4.69) is 10.3 Å². The molecule has 0 saturated heterocycles. The molecule has 2 heterocycles. The van der Waals surface area contributed by atoms with Gasteiger partial charge in [-0.1, -0.05) is 17.7 Å². The maximum absolute atomic E-state index is 12.9. The molecule has 3 rings (SSSR count). The highest BCUT2D eigenvalue weighted by molar-refractivity contribution is 6.33. The van der Waals surface area contributed by atoms with Crippen LogP contribution in [-0.2, 0) is 6.54 Å². The smallest absolute Gasteiger partial charge is 0.137 e. The Hall–Kier alpha value is -2.07. The SMILES string of the molecule is Fc1ccc(NCc2cn3ccccc3n2)c(Cl)c1. The van der Waals surface area contributed by atoms with Gasteiger partial charge >= 0.3 is 0 Å². The molecule has 1 N–H and O–H groups in total. The second-order valence-electron chi connectivity index (χ2n) is 4.18. The molecule has 0 fully saturated rings. The van der Waals surface area contributed by atoms with Crippen molar-refractivity contribution in [2.75, 3.05) is 5.32 Å². The van der Waals surface area contributed by atoms with Gasteiger partial charge in [-0.3, -0.25) is 0 Å². The summed E-state index contributed by atoms with van der Waals surface area (Å²) in [5, 5.41) is 3.51. The van der Waals surface area contributed by atoms with Crippen molar-refractivity contribution in [2.24, 2.45) is 0 Å². The number of nitrogens with zero attached hydrogens (tertiary/aromatic N) is 2. The summed E-state index contributed by atoms with van der Waals surface area (Å²) in [5.74, 6) is -0.344. The Kier molecular flexibility index (Phi) is 3.09. The van der Waals surface area contributed by atoms with Crippen LogP contribution in [0.5, 0.6) is 0 Å². The maximum atomic E-state index is 12.9. The lowest BCUT2D eigenvalue weighted by molar-refractivity contribution is 0.628. The molecule has 5 heteroatoms. The molecule has 0 bridgehead atoms. The van der Waals surface area contributed by atoms with Gasteiger partial charge in [0.05, 0.1) is 22.9 Å². The van der Waals surface area contributed by atoms with Gasteiger partial charge in [-0.05, 0) is 30.3 Å².